The van der Waals surface area contributed by atoms with E-state index in [1.54, 1.807) is 33.8 Å². The van der Waals surface area contributed by atoms with E-state index in [0.29, 0.717) is 0 Å². The van der Waals surface area contributed by atoms with Crippen molar-refractivity contribution in [3.05, 3.63) is 18.5 Å². The highest BCUT2D eigenvalue weighted by Crippen LogP contribution is 2.30. The quantitative estimate of drug-likeness (QED) is 0.715. The Morgan fingerprint density at radius 3 is 2.25 bits per heavy atom. The summed E-state index contributed by atoms with van der Waals surface area (Å²) in [5.41, 5.74) is -1.77. The van der Waals surface area contributed by atoms with Crippen molar-refractivity contribution in [2.24, 2.45) is 5.41 Å². The van der Waals surface area contributed by atoms with Crippen molar-refractivity contribution in [3.8, 4) is 0 Å². The molecule has 0 aliphatic carbocycles. The van der Waals surface area contributed by atoms with Crippen LogP contribution in [0.15, 0.2) is 18.5 Å². The third-order valence-electron chi connectivity index (χ3n) is 3.61. The van der Waals surface area contributed by atoms with Crippen LogP contribution in [0.2, 0.25) is 0 Å². The number of nitrogens with zero attached hydrogens (tertiary/aromatic N) is 2. The SMILES string of the molecule is CC(C)(NCC(=O)Nc1ncccn1)C(C)(C)C(=O)O. The van der Waals surface area contributed by atoms with E-state index in [4.69, 9.17) is 0 Å². The molecule has 7 heteroatoms. The average Bonchev–Trinajstić information content (AvgIpc) is 2.37. The first-order valence-electron chi connectivity index (χ1n) is 6.22. The second-order valence-corrected chi connectivity index (χ2v) is 5.53. The van der Waals surface area contributed by atoms with Crippen molar-refractivity contribution in [2.45, 2.75) is 33.2 Å². The van der Waals surface area contributed by atoms with E-state index in [9.17, 15) is 14.7 Å². The van der Waals surface area contributed by atoms with Gasteiger partial charge < -0.3 is 10.4 Å². The van der Waals surface area contributed by atoms with Gasteiger partial charge in [0, 0.05) is 17.9 Å². The molecular formula is C13H20N4O3. The molecule has 1 aromatic heterocycles. The molecule has 1 heterocycles. The molecule has 0 spiro atoms. The van der Waals surface area contributed by atoms with Gasteiger partial charge in [0.15, 0.2) is 0 Å². The predicted octanol–water partition coefficient (Wildman–Crippen LogP) is 0.894. The largest absolute Gasteiger partial charge is 0.481 e. The van der Waals surface area contributed by atoms with E-state index in [-0.39, 0.29) is 18.4 Å². The fourth-order valence-corrected chi connectivity index (χ4v) is 1.32. The fraction of sp³-hybridized carbons (Fsp3) is 0.538. The topological polar surface area (TPSA) is 104 Å². The first kappa shape index (κ1) is 16.0. The lowest BCUT2D eigenvalue weighted by molar-refractivity contribution is -0.151. The normalized spacial score (nSPS) is 12.0. The Morgan fingerprint density at radius 2 is 1.75 bits per heavy atom. The van der Waals surface area contributed by atoms with Crippen LogP contribution in [-0.4, -0.2) is 39.0 Å². The van der Waals surface area contributed by atoms with E-state index in [0.717, 1.165) is 0 Å². The van der Waals surface area contributed by atoms with Crippen molar-refractivity contribution < 1.29 is 14.7 Å². The Hall–Kier alpha value is -2.02. The molecule has 0 saturated heterocycles. The highest BCUT2D eigenvalue weighted by atomic mass is 16.4. The lowest BCUT2D eigenvalue weighted by Crippen LogP contribution is -2.56. The van der Waals surface area contributed by atoms with Crippen molar-refractivity contribution in [3.63, 3.8) is 0 Å². The van der Waals surface area contributed by atoms with Gasteiger partial charge in [0.05, 0.1) is 12.0 Å². The lowest BCUT2D eigenvalue weighted by Gasteiger charge is -2.38. The van der Waals surface area contributed by atoms with Crippen LogP contribution < -0.4 is 10.6 Å². The zero-order chi connectivity index (χ0) is 15.4. The molecule has 0 fully saturated rings. The second kappa shape index (κ2) is 5.96. The molecule has 3 N–H and O–H groups in total. The van der Waals surface area contributed by atoms with Crippen molar-refractivity contribution >= 4 is 17.8 Å². The number of nitrogens with one attached hydrogen (secondary N) is 2. The molecule has 1 aromatic rings. The molecule has 0 aliphatic heterocycles. The number of rotatable bonds is 6. The highest BCUT2D eigenvalue weighted by molar-refractivity contribution is 5.90. The molecule has 20 heavy (non-hydrogen) atoms. The Bertz CT molecular complexity index is 486. The maximum absolute atomic E-state index is 11.8. The molecule has 0 aromatic carbocycles. The van der Waals surface area contributed by atoms with E-state index in [1.807, 2.05) is 0 Å². The number of aliphatic carboxylic acids is 1. The maximum atomic E-state index is 11.8. The van der Waals surface area contributed by atoms with Gasteiger partial charge in [-0.3, -0.25) is 14.9 Å². The van der Waals surface area contributed by atoms with Gasteiger partial charge in [-0.25, -0.2) is 9.97 Å². The maximum Gasteiger partial charge on any atom is 0.310 e. The summed E-state index contributed by atoms with van der Waals surface area (Å²) in [6, 6.07) is 1.65. The first-order chi connectivity index (χ1) is 9.17. The molecule has 0 bridgehead atoms. The lowest BCUT2D eigenvalue weighted by atomic mass is 9.74. The number of carbonyl (C=O) groups excluding carboxylic acids is 1. The predicted molar refractivity (Wildman–Crippen MR) is 74.2 cm³/mol. The van der Waals surface area contributed by atoms with Crippen LogP contribution in [0.25, 0.3) is 0 Å². The first-order valence-corrected chi connectivity index (χ1v) is 6.22. The number of carboxylic acid groups (broad SMARTS) is 1. The Morgan fingerprint density at radius 1 is 1.20 bits per heavy atom. The molecule has 0 radical (unpaired) electrons. The van der Waals surface area contributed by atoms with Crippen LogP contribution in [0.1, 0.15) is 27.7 Å². The number of carboxylic acids is 1. The monoisotopic (exact) mass is 280 g/mol. The number of hydrogen-bond donors (Lipinski definition) is 3. The minimum absolute atomic E-state index is 0.0258. The van der Waals surface area contributed by atoms with Crippen LogP contribution in [0.3, 0.4) is 0 Å². The minimum atomic E-state index is -1.02. The van der Waals surface area contributed by atoms with E-state index >= 15 is 0 Å². The summed E-state index contributed by atoms with van der Waals surface area (Å²) >= 11 is 0. The summed E-state index contributed by atoms with van der Waals surface area (Å²) in [4.78, 5) is 30.7. The number of amides is 1. The molecule has 0 atom stereocenters. The van der Waals surface area contributed by atoms with Gasteiger partial charge in [0.1, 0.15) is 0 Å². The van der Waals surface area contributed by atoms with Gasteiger partial charge in [0.2, 0.25) is 11.9 Å². The second-order valence-electron chi connectivity index (χ2n) is 5.53. The van der Waals surface area contributed by atoms with Crippen LogP contribution in [-0.2, 0) is 9.59 Å². The van der Waals surface area contributed by atoms with Gasteiger partial charge >= 0.3 is 5.97 Å². The third-order valence-corrected chi connectivity index (χ3v) is 3.61. The number of aromatic nitrogens is 2. The van der Waals surface area contributed by atoms with Crippen molar-refractivity contribution in [2.75, 3.05) is 11.9 Å². The highest BCUT2D eigenvalue weighted by Gasteiger charge is 2.43. The van der Waals surface area contributed by atoms with Crippen molar-refractivity contribution in [1.29, 1.82) is 0 Å². The van der Waals surface area contributed by atoms with E-state index in [1.165, 1.54) is 12.4 Å². The van der Waals surface area contributed by atoms with Gasteiger partial charge in [0.25, 0.3) is 0 Å². The summed E-state index contributed by atoms with van der Waals surface area (Å²) in [6.07, 6.45) is 3.04. The smallest absolute Gasteiger partial charge is 0.310 e. The zero-order valence-electron chi connectivity index (χ0n) is 12.1. The van der Waals surface area contributed by atoms with Crippen molar-refractivity contribution in [1.82, 2.24) is 15.3 Å². The molecular weight excluding hydrogens is 260 g/mol. The Kier molecular flexibility index (Phi) is 4.78. The third kappa shape index (κ3) is 3.74. The van der Waals surface area contributed by atoms with E-state index < -0.39 is 16.9 Å². The molecule has 1 rings (SSSR count). The molecule has 0 aliphatic rings. The summed E-state index contributed by atoms with van der Waals surface area (Å²) in [5.74, 6) is -1.04. The zero-order valence-corrected chi connectivity index (χ0v) is 12.1. The van der Waals surface area contributed by atoms with Gasteiger partial charge in [-0.15, -0.1) is 0 Å². The number of hydrogen-bond acceptors (Lipinski definition) is 5. The average molecular weight is 280 g/mol. The van der Waals surface area contributed by atoms with Gasteiger partial charge in [-0.1, -0.05) is 0 Å². The van der Waals surface area contributed by atoms with Crippen LogP contribution in [0.4, 0.5) is 5.95 Å². The summed E-state index contributed by atoms with van der Waals surface area (Å²) in [5, 5.41) is 14.7. The van der Waals surface area contributed by atoms with Crippen LogP contribution in [0.5, 0.6) is 0 Å². The number of carbonyl (C=O) groups is 2. The summed E-state index contributed by atoms with van der Waals surface area (Å²) in [7, 11) is 0. The van der Waals surface area contributed by atoms with Crippen LogP contribution >= 0.6 is 0 Å². The van der Waals surface area contributed by atoms with Gasteiger partial charge in [-0.05, 0) is 33.8 Å². The molecule has 0 unspecified atom stereocenters. The molecule has 1 amide bonds. The minimum Gasteiger partial charge on any atom is -0.481 e. The molecule has 0 saturated carbocycles. The van der Waals surface area contributed by atoms with E-state index in [2.05, 4.69) is 20.6 Å². The summed E-state index contributed by atoms with van der Waals surface area (Å²) in [6.45, 7) is 6.68. The Balaban J connectivity index is 2.58. The van der Waals surface area contributed by atoms with Crippen LogP contribution in [0, 0.1) is 5.41 Å². The number of anilines is 1. The van der Waals surface area contributed by atoms with Gasteiger partial charge in [-0.2, -0.15) is 0 Å². The molecule has 110 valence electrons. The Labute approximate surface area is 117 Å². The molecule has 7 nitrogen and oxygen atoms in total. The summed E-state index contributed by atoms with van der Waals surface area (Å²) < 4.78 is 0. The fourth-order valence-electron chi connectivity index (χ4n) is 1.32. The standard InChI is InChI=1S/C13H20N4O3/c1-12(2,10(19)20)13(3,4)16-8-9(18)17-11-14-6-5-7-15-11/h5-7,16H,8H2,1-4H3,(H,19,20)(H,14,15,17,18).